The Morgan fingerprint density at radius 2 is 1.69 bits per heavy atom. The number of carbonyl (C=O) groups is 4. The van der Waals surface area contributed by atoms with E-state index in [0.717, 1.165) is 56.3 Å². The Balaban J connectivity index is 0.000000199. The molecule has 0 aromatic heterocycles. The Morgan fingerprint density at radius 1 is 0.948 bits per heavy atom. The molecule has 14 nitrogen and oxygen atoms in total. The van der Waals surface area contributed by atoms with E-state index in [0.29, 0.717) is 47.3 Å². The largest absolute Gasteiger partial charge is 0.507 e. The van der Waals surface area contributed by atoms with Crippen molar-refractivity contribution in [3.05, 3.63) is 76.7 Å². The van der Waals surface area contributed by atoms with Gasteiger partial charge in [0.05, 0.1) is 22.9 Å². The number of para-hydroxylation sites is 1. The van der Waals surface area contributed by atoms with Crippen molar-refractivity contribution in [1.29, 1.82) is 0 Å². The molecule has 0 aliphatic carbocycles. The van der Waals surface area contributed by atoms with Gasteiger partial charge >= 0.3 is 0 Å². The highest BCUT2D eigenvalue weighted by Crippen LogP contribution is 2.34. The molecule has 6 aliphatic heterocycles. The lowest BCUT2D eigenvalue weighted by Gasteiger charge is -2.48. The van der Waals surface area contributed by atoms with E-state index < -0.39 is 35.8 Å². The van der Waals surface area contributed by atoms with Gasteiger partial charge in [-0.15, -0.1) is 0 Å². The Kier molecular flexibility index (Phi) is 13.3. The SMILES string of the molecule is CC.CC1CCN(C[C@H]2CCN(c3ccc4c(c3)C(=O)N(C3CCC(=O)NC3=O)C4=O)CC2F)C1.CC1CN2C(/C=C(\N)c3ccccc3O)=C(N)NCC2CN1C. The lowest BCUT2D eigenvalue weighted by atomic mass is 9.93. The molecular formula is C43H60FN9O5. The number of halogens is 1. The molecule has 4 amide bonds. The molecule has 4 fully saturated rings. The third-order valence-electron chi connectivity index (χ3n) is 12.2. The van der Waals surface area contributed by atoms with Crippen LogP contribution in [-0.2, 0) is 9.59 Å². The monoisotopic (exact) mass is 801 g/mol. The van der Waals surface area contributed by atoms with E-state index >= 15 is 4.39 Å². The summed E-state index contributed by atoms with van der Waals surface area (Å²) in [5.74, 6) is -0.612. The number of nitrogens with one attached hydrogen (secondary N) is 2. The fraction of sp³-hybridized carbons (Fsp3) is 0.535. The average molecular weight is 802 g/mol. The standard InChI is InChI=1S/C24H29FN4O4.C17H25N5O.C2H6/c1-14-6-8-27(11-14)12-15-7-9-28(13-19(15)25)16-2-3-17-18(10-16)24(33)29(23(17)32)20-4-5-21(30)26-22(20)31;1-11-9-22-12(10-21(11)2)8-20-17(19)15(22)7-14(18)13-5-3-4-6-16(13)23;1-2/h2-3,10,14-15,19-20H,4-9,11-13H2,1H3,(H,26,30,31);3-7,11-12,20,23H,8-10,18-19H2,1-2H3;1-2H3/b;14-7-;/t14?,15-,19?,20?;;/m1../s1. The molecule has 0 spiro atoms. The zero-order valence-corrected chi connectivity index (χ0v) is 34.4. The van der Waals surface area contributed by atoms with Crippen LogP contribution in [0.3, 0.4) is 0 Å². The van der Waals surface area contributed by atoms with E-state index in [9.17, 15) is 24.3 Å². The molecule has 6 heterocycles. The summed E-state index contributed by atoms with van der Waals surface area (Å²) in [6.07, 6.45) is 3.02. The molecule has 5 unspecified atom stereocenters. The number of nitrogens with two attached hydrogens (primary N) is 2. The minimum atomic E-state index is -0.988. The first kappa shape index (κ1) is 42.5. The normalized spacial score (nSPS) is 27.9. The minimum absolute atomic E-state index is 0.00667. The number of nitrogens with zero attached hydrogens (tertiary/aromatic N) is 5. The number of imide groups is 2. The van der Waals surface area contributed by atoms with Crippen molar-refractivity contribution in [2.24, 2.45) is 23.3 Å². The van der Waals surface area contributed by atoms with Gasteiger partial charge in [-0.3, -0.25) is 34.3 Å². The minimum Gasteiger partial charge on any atom is -0.507 e. The summed E-state index contributed by atoms with van der Waals surface area (Å²) >= 11 is 0. The van der Waals surface area contributed by atoms with Crippen molar-refractivity contribution in [1.82, 2.24) is 30.2 Å². The number of aromatic hydroxyl groups is 1. The molecule has 6 aliphatic rings. The van der Waals surface area contributed by atoms with Crippen LogP contribution in [0.5, 0.6) is 5.75 Å². The molecule has 314 valence electrons. The molecule has 7 N–H and O–H groups in total. The molecular weight excluding hydrogens is 742 g/mol. The second-order valence-electron chi connectivity index (χ2n) is 16.2. The molecule has 0 bridgehead atoms. The van der Waals surface area contributed by atoms with E-state index in [-0.39, 0.29) is 42.2 Å². The van der Waals surface area contributed by atoms with E-state index in [1.165, 1.54) is 6.42 Å². The van der Waals surface area contributed by atoms with Crippen molar-refractivity contribution < 1.29 is 28.7 Å². The summed E-state index contributed by atoms with van der Waals surface area (Å²) in [6.45, 7) is 15.0. The first-order chi connectivity index (χ1) is 27.8. The predicted octanol–water partition coefficient (Wildman–Crippen LogP) is 3.05. The van der Waals surface area contributed by atoms with Crippen molar-refractivity contribution in [2.45, 2.75) is 77.7 Å². The Hall–Kier alpha value is -5.15. The van der Waals surface area contributed by atoms with E-state index in [4.69, 9.17) is 11.5 Å². The lowest BCUT2D eigenvalue weighted by molar-refractivity contribution is -0.136. The van der Waals surface area contributed by atoms with Gasteiger partial charge in [0.2, 0.25) is 11.8 Å². The number of hydrogen-bond acceptors (Lipinski definition) is 12. The van der Waals surface area contributed by atoms with E-state index in [1.807, 2.05) is 30.9 Å². The third kappa shape index (κ3) is 8.95. The highest BCUT2D eigenvalue weighted by Gasteiger charge is 2.45. The maximum atomic E-state index is 15.1. The molecule has 0 saturated carbocycles. The number of fused-ring (bicyclic) bond motifs is 2. The van der Waals surface area contributed by atoms with Crippen LogP contribution >= 0.6 is 0 Å². The number of phenolic OH excluding ortho intramolecular Hbond substituents is 1. The smallest absolute Gasteiger partial charge is 0.262 e. The lowest BCUT2D eigenvalue weighted by Crippen LogP contribution is -2.61. The molecule has 4 saturated heterocycles. The van der Waals surface area contributed by atoms with Crippen molar-refractivity contribution in [2.75, 3.05) is 64.3 Å². The average Bonchev–Trinajstić information content (AvgIpc) is 3.73. The van der Waals surface area contributed by atoms with Crippen LogP contribution in [0.4, 0.5) is 10.1 Å². The molecule has 6 atom stereocenters. The number of piperazine rings is 1. The number of hydrogen-bond donors (Lipinski definition) is 5. The topological polar surface area (TPSA) is 181 Å². The molecule has 2 aromatic rings. The van der Waals surface area contributed by atoms with Crippen molar-refractivity contribution >= 4 is 35.0 Å². The van der Waals surface area contributed by atoms with Crippen molar-refractivity contribution in [3.8, 4) is 5.75 Å². The second kappa shape index (κ2) is 18.2. The van der Waals surface area contributed by atoms with Crippen LogP contribution < -0.4 is 27.0 Å². The number of amides is 4. The first-order valence-electron chi connectivity index (χ1n) is 20.7. The number of allylic oxidation sites excluding steroid dienone is 1. The second-order valence-corrected chi connectivity index (χ2v) is 16.2. The van der Waals surface area contributed by atoms with Gasteiger partial charge in [-0.25, -0.2) is 4.39 Å². The van der Waals surface area contributed by atoms with Crippen LogP contribution in [0.2, 0.25) is 0 Å². The van der Waals surface area contributed by atoms with Crippen LogP contribution in [0, 0.1) is 11.8 Å². The molecule has 15 heteroatoms. The van der Waals surface area contributed by atoms with Gasteiger partial charge in [0, 0.05) is 81.1 Å². The highest BCUT2D eigenvalue weighted by molar-refractivity contribution is 6.23. The van der Waals surface area contributed by atoms with Gasteiger partial charge in [-0.2, -0.15) is 0 Å². The number of carbonyl (C=O) groups excluding carboxylic acids is 4. The summed E-state index contributed by atoms with van der Waals surface area (Å²) in [6, 6.07) is 11.9. The zero-order chi connectivity index (χ0) is 41.8. The van der Waals surface area contributed by atoms with Crippen LogP contribution in [-0.4, -0.2) is 132 Å². The van der Waals surface area contributed by atoms with Crippen molar-refractivity contribution in [3.63, 3.8) is 0 Å². The Labute approximate surface area is 341 Å². The quantitative estimate of drug-likeness (QED) is 0.270. The van der Waals surface area contributed by atoms with Gasteiger partial charge in [-0.05, 0) is 82.1 Å². The van der Waals surface area contributed by atoms with Gasteiger partial charge < -0.3 is 36.6 Å². The number of likely N-dealkylation sites (N-methyl/N-ethyl adjacent to an activating group) is 1. The number of benzene rings is 2. The number of anilines is 1. The van der Waals surface area contributed by atoms with Crippen LogP contribution in [0.1, 0.15) is 79.7 Å². The number of phenols is 1. The summed E-state index contributed by atoms with van der Waals surface area (Å²) < 4.78 is 15.1. The Morgan fingerprint density at radius 3 is 2.38 bits per heavy atom. The zero-order valence-electron chi connectivity index (χ0n) is 34.4. The summed E-state index contributed by atoms with van der Waals surface area (Å²) in [4.78, 5) is 59.5. The Bertz CT molecular complexity index is 1940. The fourth-order valence-corrected chi connectivity index (χ4v) is 8.80. The summed E-state index contributed by atoms with van der Waals surface area (Å²) in [7, 11) is 2.15. The maximum absolute atomic E-state index is 15.1. The molecule has 2 aromatic carbocycles. The van der Waals surface area contributed by atoms with E-state index in [2.05, 4.69) is 46.2 Å². The van der Waals surface area contributed by atoms with Crippen LogP contribution in [0.25, 0.3) is 5.70 Å². The van der Waals surface area contributed by atoms with Crippen LogP contribution in [0.15, 0.2) is 60.1 Å². The number of likely N-dealkylation sites (tertiary alicyclic amines) is 1. The fourth-order valence-electron chi connectivity index (χ4n) is 8.80. The molecule has 8 rings (SSSR count). The first-order valence-corrected chi connectivity index (χ1v) is 20.7. The summed E-state index contributed by atoms with van der Waals surface area (Å²) in [5.41, 5.74) is 15.6. The van der Waals surface area contributed by atoms with E-state index in [1.54, 1.807) is 36.4 Å². The third-order valence-corrected chi connectivity index (χ3v) is 12.2. The van der Waals surface area contributed by atoms with Gasteiger partial charge in [0.15, 0.2) is 0 Å². The number of alkyl halides is 1. The van der Waals surface area contributed by atoms with Gasteiger partial charge in [0.1, 0.15) is 23.8 Å². The predicted molar refractivity (Wildman–Crippen MR) is 222 cm³/mol. The van der Waals surface area contributed by atoms with Gasteiger partial charge in [0.25, 0.3) is 11.8 Å². The molecule has 0 radical (unpaired) electrons. The number of piperidine rings is 2. The molecule has 58 heavy (non-hydrogen) atoms. The summed E-state index contributed by atoms with van der Waals surface area (Å²) in [5, 5.41) is 15.4. The highest BCUT2D eigenvalue weighted by atomic mass is 19.1. The maximum Gasteiger partial charge on any atom is 0.262 e. The van der Waals surface area contributed by atoms with Gasteiger partial charge in [-0.1, -0.05) is 32.9 Å². The number of rotatable bonds is 6.